The van der Waals surface area contributed by atoms with Crippen molar-refractivity contribution in [2.24, 2.45) is 0 Å². The summed E-state index contributed by atoms with van der Waals surface area (Å²) in [7, 11) is 0. The highest BCUT2D eigenvalue weighted by atomic mass is 32.1. The molecule has 2 aliphatic rings. The van der Waals surface area contributed by atoms with Gasteiger partial charge in [0.25, 0.3) is 5.56 Å². The number of aromatic amines is 1. The molecule has 6 nitrogen and oxygen atoms in total. The third-order valence-electron chi connectivity index (χ3n) is 6.23. The number of fused-ring (bicyclic) bond motifs is 1. The Kier molecular flexibility index (Phi) is 6.71. The van der Waals surface area contributed by atoms with Gasteiger partial charge in [0.1, 0.15) is 0 Å². The number of aryl methyl sites for hydroxylation is 2. The lowest BCUT2D eigenvalue weighted by molar-refractivity contribution is 0.0885. The number of pyridine rings is 1. The fraction of sp³-hybridized carbons (Fsp3) is 0.565. The molecule has 1 aromatic carbocycles. The summed E-state index contributed by atoms with van der Waals surface area (Å²) in [5.74, 6) is 0. The molecule has 3 heterocycles. The van der Waals surface area contributed by atoms with Crippen LogP contribution in [0.5, 0.6) is 0 Å². The molecule has 0 spiro atoms. The van der Waals surface area contributed by atoms with Gasteiger partial charge in [-0.25, -0.2) is 0 Å². The average Bonchev–Trinajstić information content (AvgIpc) is 3.44. The third-order valence-corrected chi connectivity index (χ3v) is 6.63. The van der Waals surface area contributed by atoms with Gasteiger partial charge in [-0.15, -0.1) is 0 Å². The first-order valence-corrected chi connectivity index (χ1v) is 11.3. The number of benzene rings is 1. The van der Waals surface area contributed by atoms with Crippen molar-refractivity contribution in [1.82, 2.24) is 15.2 Å². The zero-order valence-corrected chi connectivity index (χ0v) is 18.6. The first-order valence-electron chi connectivity index (χ1n) is 10.9. The smallest absolute Gasteiger partial charge is 0.253 e. The van der Waals surface area contributed by atoms with Crippen LogP contribution in [0.25, 0.3) is 10.9 Å². The van der Waals surface area contributed by atoms with Crippen LogP contribution in [-0.2, 0) is 16.0 Å². The molecule has 1 aromatic heterocycles. The maximum Gasteiger partial charge on any atom is 0.253 e. The molecule has 2 saturated heterocycles. The molecular formula is C23H31N3O3S. The van der Waals surface area contributed by atoms with Gasteiger partial charge in [-0.2, -0.15) is 0 Å². The van der Waals surface area contributed by atoms with E-state index in [-0.39, 0.29) is 17.8 Å². The Hall–Kier alpha value is -1.96. The Morgan fingerprint density at radius 2 is 1.93 bits per heavy atom. The van der Waals surface area contributed by atoms with E-state index in [0.717, 1.165) is 55.4 Å². The van der Waals surface area contributed by atoms with Crippen LogP contribution in [0.4, 0.5) is 0 Å². The second-order valence-electron chi connectivity index (χ2n) is 8.43. The predicted octanol–water partition coefficient (Wildman–Crippen LogP) is 3.18. The standard InChI is InChI=1S/C23H31N3O3S/c1-15-7-8-17-11-18(22(27)25-21(17)16(15)2)13-26(14-20-6-4-10-29-20)23(30)24-12-19-5-3-9-28-19/h7-8,11,19-20H,3-6,9-10,12-14H2,1-2H3,(H,24,30)(H,25,27)/t19-,20+/m1/s1. The summed E-state index contributed by atoms with van der Waals surface area (Å²) in [5, 5.41) is 5.05. The van der Waals surface area contributed by atoms with E-state index >= 15 is 0 Å². The van der Waals surface area contributed by atoms with E-state index in [9.17, 15) is 4.79 Å². The molecule has 2 N–H and O–H groups in total. The van der Waals surface area contributed by atoms with Crippen molar-refractivity contribution in [3.63, 3.8) is 0 Å². The third kappa shape index (κ3) is 4.85. The Labute approximate surface area is 182 Å². The Bertz CT molecular complexity index is 962. The van der Waals surface area contributed by atoms with Crippen LogP contribution in [-0.4, -0.2) is 53.5 Å². The summed E-state index contributed by atoms with van der Waals surface area (Å²) < 4.78 is 11.5. The van der Waals surface area contributed by atoms with Crippen molar-refractivity contribution in [2.75, 3.05) is 26.3 Å². The minimum absolute atomic E-state index is 0.0598. The highest BCUT2D eigenvalue weighted by Gasteiger charge is 2.23. The van der Waals surface area contributed by atoms with Crippen LogP contribution >= 0.6 is 12.2 Å². The number of nitrogens with zero attached hydrogens (tertiary/aromatic N) is 1. The van der Waals surface area contributed by atoms with Crippen LogP contribution in [0.15, 0.2) is 23.0 Å². The lowest BCUT2D eigenvalue weighted by Gasteiger charge is -2.29. The second kappa shape index (κ2) is 9.45. The summed E-state index contributed by atoms with van der Waals surface area (Å²) in [5.41, 5.74) is 3.85. The predicted molar refractivity (Wildman–Crippen MR) is 123 cm³/mol. The molecule has 0 saturated carbocycles. The first kappa shape index (κ1) is 21.3. The summed E-state index contributed by atoms with van der Waals surface area (Å²) in [6.07, 6.45) is 4.62. The molecule has 2 fully saturated rings. The Morgan fingerprint density at radius 1 is 1.20 bits per heavy atom. The molecule has 2 atom stereocenters. The molecule has 0 unspecified atom stereocenters. The minimum atomic E-state index is -0.0598. The van der Waals surface area contributed by atoms with Crippen molar-refractivity contribution >= 4 is 28.2 Å². The molecule has 0 bridgehead atoms. The van der Waals surface area contributed by atoms with Gasteiger partial charge >= 0.3 is 0 Å². The quantitative estimate of drug-likeness (QED) is 0.688. The van der Waals surface area contributed by atoms with E-state index < -0.39 is 0 Å². The normalized spacial score (nSPS) is 21.3. The number of H-pyrrole nitrogens is 1. The summed E-state index contributed by atoms with van der Waals surface area (Å²) in [6.45, 7) is 7.56. The minimum Gasteiger partial charge on any atom is -0.376 e. The maximum atomic E-state index is 12.9. The van der Waals surface area contributed by atoms with Crippen molar-refractivity contribution in [1.29, 1.82) is 0 Å². The number of hydrogen-bond donors (Lipinski definition) is 2. The van der Waals surface area contributed by atoms with Crippen molar-refractivity contribution < 1.29 is 9.47 Å². The van der Waals surface area contributed by atoms with Gasteiger partial charge in [0, 0.05) is 31.9 Å². The number of thiocarbonyl (C=S) groups is 1. The average molecular weight is 430 g/mol. The van der Waals surface area contributed by atoms with Crippen LogP contribution < -0.4 is 10.9 Å². The largest absolute Gasteiger partial charge is 0.376 e. The summed E-state index contributed by atoms with van der Waals surface area (Å²) >= 11 is 5.71. The molecule has 7 heteroatoms. The number of ether oxygens (including phenoxy) is 2. The lowest BCUT2D eigenvalue weighted by atomic mass is 10.0. The van der Waals surface area contributed by atoms with Crippen LogP contribution in [0, 0.1) is 13.8 Å². The number of aromatic nitrogens is 1. The first-order chi connectivity index (χ1) is 14.5. The van der Waals surface area contributed by atoms with Gasteiger partial charge in [0.2, 0.25) is 0 Å². The SMILES string of the molecule is Cc1ccc2cc(CN(C[C@@H]3CCCO3)C(=S)NC[C@H]3CCCO3)c(=O)[nH]c2c1C. The van der Waals surface area contributed by atoms with Crippen molar-refractivity contribution in [3.8, 4) is 0 Å². The molecule has 0 radical (unpaired) electrons. The van der Waals surface area contributed by atoms with Gasteiger partial charge in [-0.05, 0) is 74.3 Å². The second-order valence-corrected chi connectivity index (χ2v) is 8.82. The van der Waals surface area contributed by atoms with Gasteiger partial charge in [-0.1, -0.05) is 12.1 Å². The van der Waals surface area contributed by atoms with Crippen molar-refractivity contribution in [2.45, 2.75) is 58.3 Å². The Morgan fingerprint density at radius 3 is 2.63 bits per heavy atom. The van der Waals surface area contributed by atoms with E-state index in [0.29, 0.717) is 30.3 Å². The van der Waals surface area contributed by atoms with E-state index in [1.165, 1.54) is 5.56 Å². The molecule has 2 aromatic rings. The monoisotopic (exact) mass is 429 g/mol. The van der Waals surface area contributed by atoms with Gasteiger partial charge in [0.15, 0.2) is 5.11 Å². The lowest BCUT2D eigenvalue weighted by Crippen LogP contribution is -2.45. The topological polar surface area (TPSA) is 66.6 Å². The van der Waals surface area contributed by atoms with Crippen molar-refractivity contribution in [3.05, 3.63) is 45.2 Å². The molecule has 0 aliphatic carbocycles. The molecule has 162 valence electrons. The number of rotatable bonds is 6. The molecule has 4 rings (SSSR count). The van der Waals surface area contributed by atoms with Gasteiger partial charge in [0.05, 0.1) is 24.3 Å². The number of nitrogens with one attached hydrogen (secondary N) is 2. The maximum absolute atomic E-state index is 12.9. The summed E-state index contributed by atoms with van der Waals surface area (Å²) in [6, 6.07) is 6.15. The van der Waals surface area contributed by atoms with E-state index in [2.05, 4.69) is 34.3 Å². The number of hydrogen-bond acceptors (Lipinski definition) is 4. The fourth-order valence-corrected chi connectivity index (χ4v) is 4.49. The highest BCUT2D eigenvalue weighted by molar-refractivity contribution is 7.80. The van der Waals surface area contributed by atoms with Crippen LogP contribution in [0.2, 0.25) is 0 Å². The van der Waals surface area contributed by atoms with Gasteiger partial charge < -0.3 is 24.7 Å². The highest BCUT2D eigenvalue weighted by Crippen LogP contribution is 2.20. The summed E-state index contributed by atoms with van der Waals surface area (Å²) in [4.78, 5) is 18.0. The van der Waals surface area contributed by atoms with Crippen LogP contribution in [0.1, 0.15) is 42.4 Å². The van der Waals surface area contributed by atoms with Crippen LogP contribution in [0.3, 0.4) is 0 Å². The van der Waals surface area contributed by atoms with Gasteiger partial charge in [-0.3, -0.25) is 4.79 Å². The Balaban J connectivity index is 1.53. The molecule has 2 aliphatic heterocycles. The van der Waals surface area contributed by atoms with E-state index in [4.69, 9.17) is 21.7 Å². The van der Waals surface area contributed by atoms with E-state index in [1.54, 1.807) is 0 Å². The fourth-order valence-electron chi connectivity index (χ4n) is 4.26. The zero-order valence-electron chi connectivity index (χ0n) is 17.8. The molecule has 30 heavy (non-hydrogen) atoms. The van der Waals surface area contributed by atoms with E-state index in [1.807, 2.05) is 13.0 Å². The molecular weight excluding hydrogens is 398 g/mol. The zero-order chi connectivity index (χ0) is 21.1. The molecule has 0 amide bonds.